The van der Waals surface area contributed by atoms with Gasteiger partial charge in [-0.25, -0.2) is 0 Å². The Morgan fingerprint density at radius 3 is 1.15 bits per heavy atom. The maximum absolute atomic E-state index is 2.55. The van der Waals surface area contributed by atoms with Crippen molar-refractivity contribution in [3.63, 3.8) is 0 Å². The first-order valence-electron chi connectivity index (χ1n) is 31.1. The van der Waals surface area contributed by atoms with Crippen molar-refractivity contribution >= 4 is 34.1 Å². The van der Waals surface area contributed by atoms with E-state index in [1.807, 2.05) is 0 Å². The highest BCUT2D eigenvalue weighted by molar-refractivity contribution is 5.98. The molecule has 12 aromatic carbocycles. The van der Waals surface area contributed by atoms with Crippen molar-refractivity contribution in [2.24, 2.45) is 0 Å². The maximum atomic E-state index is 2.55. The first-order valence-corrected chi connectivity index (χ1v) is 31.1. The quantitative estimate of drug-likeness (QED) is 0.157. The number of hydrogen-bond acceptors (Lipinski definition) is 2. The van der Waals surface area contributed by atoms with Crippen molar-refractivity contribution in [1.29, 1.82) is 0 Å². The lowest BCUT2D eigenvalue weighted by molar-refractivity contribution is 0.659. The highest BCUT2D eigenvalue weighted by Crippen LogP contribution is 2.64. The first kappa shape index (κ1) is 51.6. The van der Waals surface area contributed by atoms with Crippen LogP contribution in [0.1, 0.15) is 114 Å². The van der Waals surface area contributed by atoms with E-state index in [9.17, 15) is 0 Å². The standard InChI is InChI=1S/C85H68N2/c1-51-29-39-65-67-42-36-58(49-78(67)82(4,5)76(65)45-51)86(59-37-43-68-66-40-30-52(2)46-77(66)83(6,7)79(68)50-59)56-35-41-60(53(3)47-56)54-31-33-55(34-32-54)87(80-28-18-23-69-63-21-10-14-24-71(63)84(8,9)81(69)80)57-38-44-75-70(48-57)64-22-13-17-27-74(64)85(75)72-25-15-11-19-61(72)62-20-12-16-26-73(62)85/h10-50H,1-9H3. The summed E-state index contributed by atoms with van der Waals surface area (Å²) in [5.74, 6) is 0. The third-order valence-electron chi connectivity index (χ3n) is 21.1. The molecular formula is C85H68N2. The Labute approximate surface area is 512 Å². The Bertz CT molecular complexity index is 4790. The summed E-state index contributed by atoms with van der Waals surface area (Å²) in [7, 11) is 0. The highest BCUT2D eigenvalue weighted by Gasteiger charge is 2.52. The summed E-state index contributed by atoms with van der Waals surface area (Å²) in [6.45, 7) is 21.1. The predicted molar refractivity (Wildman–Crippen MR) is 364 cm³/mol. The van der Waals surface area contributed by atoms with E-state index in [0.29, 0.717) is 0 Å². The molecule has 0 unspecified atom stereocenters. The normalized spacial score (nSPS) is 15.3. The maximum Gasteiger partial charge on any atom is 0.0725 e. The number of aryl methyl sites for hydroxylation is 3. The second-order valence-electron chi connectivity index (χ2n) is 27.0. The highest BCUT2D eigenvalue weighted by atomic mass is 15.2. The lowest BCUT2D eigenvalue weighted by Gasteiger charge is -2.33. The molecule has 87 heavy (non-hydrogen) atoms. The minimum Gasteiger partial charge on any atom is -0.310 e. The van der Waals surface area contributed by atoms with Gasteiger partial charge in [-0.2, -0.15) is 0 Å². The summed E-state index contributed by atoms with van der Waals surface area (Å²) in [4.78, 5) is 5.05. The van der Waals surface area contributed by atoms with Gasteiger partial charge in [0.15, 0.2) is 0 Å². The molecule has 5 aliphatic rings. The van der Waals surface area contributed by atoms with Crippen LogP contribution in [0.4, 0.5) is 34.1 Å². The van der Waals surface area contributed by atoms with E-state index in [2.05, 4.69) is 321 Å². The van der Waals surface area contributed by atoms with Crippen LogP contribution in [-0.4, -0.2) is 0 Å². The van der Waals surface area contributed by atoms with Crippen LogP contribution >= 0.6 is 0 Å². The summed E-state index contributed by atoms with van der Waals surface area (Å²) in [5, 5.41) is 0. The zero-order valence-corrected chi connectivity index (χ0v) is 51.1. The van der Waals surface area contributed by atoms with Gasteiger partial charge in [0.05, 0.1) is 11.1 Å². The van der Waals surface area contributed by atoms with Gasteiger partial charge in [0.1, 0.15) is 0 Å². The van der Waals surface area contributed by atoms with E-state index < -0.39 is 5.41 Å². The second-order valence-corrected chi connectivity index (χ2v) is 27.0. The smallest absolute Gasteiger partial charge is 0.0725 e. The molecule has 5 aliphatic carbocycles. The molecule has 0 saturated carbocycles. The third kappa shape index (κ3) is 7.04. The largest absolute Gasteiger partial charge is 0.310 e. The van der Waals surface area contributed by atoms with Crippen LogP contribution in [0.15, 0.2) is 249 Å². The zero-order chi connectivity index (χ0) is 59.0. The van der Waals surface area contributed by atoms with Crippen LogP contribution in [0, 0.1) is 20.8 Å². The van der Waals surface area contributed by atoms with E-state index in [-0.39, 0.29) is 16.2 Å². The molecule has 2 nitrogen and oxygen atoms in total. The fourth-order valence-electron chi connectivity index (χ4n) is 17.0. The molecule has 418 valence electrons. The zero-order valence-electron chi connectivity index (χ0n) is 51.1. The summed E-state index contributed by atoms with van der Waals surface area (Å²) < 4.78 is 0. The molecule has 0 heterocycles. The Morgan fingerprint density at radius 1 is 0.241 bits per heavy atom. The van der Waals surface area contributed by atoms with Gasteiger partial charge in [-0.15, -0.1) is 0 Å². The Hall–Kier alpha value is -9.76. The van der Waals surface area contributed by atoms with E-state index in [4.69, 9.17) is 0 Å². The first-order chi connectivity index (χ1) is 42.1. The average molecular weight is 1120 g/mol. The average Bonchev–Trinajstić information content (AvgIpc) is 1.53. The van der Waals surface area contributed by atoms with Gasteiger partial charge in [0.2, 0.25) is 0 Å². The summed E-state index contributed by atoms with van der Waals surface area (Å²) in [6, 6.07) is 95.5. The van der Waals surface area contributed by atoms with Crippen LogP contribution in [-0.2, 0) is 21.7 Å². The lowest BCUT2D eigenvalue weighted by Crippen LogP contribution is -2.26. The summed E-state index contributed by atoms with van der Waals surface area (Å²) in [6.07, 6.45) is 0. The van der Waals surface area contributed by atoms with Crippen LogP contribution in [0.2, 0.25) is 0 Å². The minimum absolute atomic E-state index is 0.148. The monoisotopic (exact) mass is 1120 g/mol. The molecule has 2 heteroatoms. The van der Waals surface area contributed by atoms with Gasteiger partial charge in [-0.05, 0) is 215 Å². The molecule has 0 bridgehead atoms. The minimum atomic E-state index is -0.417. The molecule has 0 aliphatic heterocycles. The van der Waals surface area contributed by atoms with Gasteiger partial charge in [-0.1, -0.05) is 235 Å². The van der Waals surface area contributed by atoms with E-state index in [1.165, 1.54) is 145 Å². The number of benzene rings is 12. The molecule has 0 atom stereocenters. The van der Waals surface area contributed by atoms with E-state index in [1.54, 1.807) is 0 Å². The van der Waals surface area contributed by atoms with Crippen molar-refractivity contribution in [2.75, 3.05) is 9.80 Å². The fraction of sp³-hybridized carbons (Fsp3) is 0.153. The number of rotatable bonds is 7. The Balaban J connectivity index is 0.795. The number of fused-ring (bicyclic) bond motifs is 19. The van der Waals surface area contributed by atoms with Crippen molar-refractivity contribution in [3.8, 4) is 66.8 Å². The molecule has 0 saturated heterocycles. The molecule has 12 aromatic rings. The van der Waals surface area contributed by atoms with Gasteiger partial charge < -0.3 is 9.80 Å². The van der Waals surface area contributed by atoms with Gasteiger partial charge in [0.25, 0.3) is 0 Å². The Morgan fingerprint density at radius 2 is 0.621 bits per heavy atom. The van der Waals surface area contributed by atoms with Crippen molar-refractivity contribution in [2.45, 2.75) is 84.0 Å². The molecule has 0 fully saturated rings. The van der Waals surface area contributed by atoms with Gasteiger partial charge in [0, 0.05) is 44.7 Å². The second kappa shape index (κ2) is 18.1. The topological polar surface area (TPSA) is 6.48 Å². The van der Waals surface area contributed by atoms with Crippen molar-refractivity contribution in [3.05, 3.63) is 321 Å². The molecule has 1 spiro atoms. The van der Waals surface area contributed by atoms with Crippen molar-refractivity contribution < 1.29 is 0 Å². The van der Waals surface area contributed by atoms with Gasteiger partial charge >= 0.3 is 0 Å². The van der Waals surface area contributed by atoms with E-state index >= 15 is 0 Å². The van der Waals surface area contributed by atoms with E-state index in [0.717, 1.165) is 28.4 Å². The van der Waals surface area contributed by atoms with Gasteiger partial charge in [-0.3, -0.25) is 0 Å². The summed E-state index contributed by atoms with van der Waals surface area (Å²) in [5.41, 5.74) is 39.0. The van der Waals surface area contributed by atoms with Crippen molar-refractivity contribution in [1.82, 2.24) is 0 Å². The van der Waals surface area contributed by atoms with Crippen LogP contribution in [0.5, 0.6) is 0 Å². The molecule has 0 radical (unpaired) electrons. The molecular weight excluding hydrogens is 1050 g/mol. The van der Waals surface area contributed by atoms with Crippen LogP contribution in [0.25, 0.3) is 66.8 Å². The number of hydrogen-bond donors (Lipinski definition) is 0. The Kier molecular flexibility index (Phi) is 10.8. The van der Waals surface area contributed by atoms with Crippen LogP contribution < -0.4 is 9.80 Å². The predicted octanol–water partition coefficient (Wildman–Crippen LogP) is 22.5. The SMILES string of the molecule is Cc1ccc2c(c1)C(C)(C)c1cc(N(c3ccc(-c4ccc(N(c5ccc6c(c5)-c5ccccc5C65c6ccccc6-c6ccccc65)c5cccc6c5C(C)(C)c5ccccc5-6)cc4)c(C)c3)c3ccc4c(c3)C(C)(C)c3cc(C)ccc3-4)ccc1-2. The molecule has 0 amide bonds. The summed E-state index contributed by atoms with van der Waals surface area (Å²) >= 11 is 0. The molecule has 0 N–H and O–H groups in total. The fourth-order valence-corrected chi connectivity index (χ4v) is 17.0. The molecule has 17 rings (SSSR count). The lowest BCUT2D eigenvalue weighted by atomic mass is 9.70. The molecule has 0 aromatic heterocycles. The van der Waals surface area contributed by atoms with Crippen LogP contribution in [0.3, 0.4) is 0 Å². The number of anilines is 6. The number of nitrogens with zero attached hydrogens (tertiary/aromatic N) is 2. The third-order valence-corrected chi connectivity index (χ3v) is 21.1.